The van der Waals surface area contributed by atoms with Crippen molar-refractivity contribution in [2.24, 2.45) is 7.05 Å². The zero-order valence-electron chi connectivity index (χ0n) is 21.0. The van der Waals surface area contributed by atoms with Crippen LogP contribution in [0.15, 0.2) is 70.5 Å². The number of amides is 1. The summed E-state index contributed by atoms with van der Waals surface area (Å²) >= 11 is 0. The molecule has 2 aliphatic rings. The average Bonchev–Trinajstić information content (AvgIpc) is 3.39. The van der Waals surface area contributed by atoms with Crippen LogP contribution in [-0.2, 0) is 32.0 Å². The van der Waals surface area contributed by atoms with Crippen molar-refractivity contribution in [3.05, 3.63) is 93.5 Å². The smallest absolute Gasteiger partial charge is 0.356 e. The summed E-state index contributed by atoms with van der Waals surface area (Å²) in [7, 11) is -2.83. The number of ether oxygens (including phenoxy) is 1. The highest BCUT2D eigenvalue weighted by Gasteiger charge is 2.65. The number of aryl methyl sites for hydroxylation is 2. The van der Waals surface area contributed by atoms with Gasteiger partial charge >= 0.3 is 5.97 Å². The Morgan fingerprint density at radius 2 is 1.84 bits per heavy atom. The summed E-state index contributed by atoms with van der Waals surface area (Å²) in [6, 6.07) is 15.1. The van der Waals surface area contributed by atoms with E-state index < -0.39 is 27.0 Å². The van der Waals surface area contributed by atoms with Crippen LogP contribution in [0.2, 0.25) is 0 Å². The third kappa shape index (κ3) is 3.22. The molecule has 0 saturated heterocycles. The second-order valence-corrected chi connectivity index (χ2v) is 11.6. The number of aromatic nitrogens is 2. The Labute approximate surface area is 218 Å². The van der Waals surface area contributed by atoms with Gasteiger partial charge in [0.1, 0.15) is 11.2 Å². The first kappa shape index (κ1) is 24.2. The Kier molecular flexibility index (Phi) is 5.19. The van der Waals surface area contributed by atoms with Gasteiger partial charge in [-0.1, -0.05) is 35.9 Å². The third-order valence-electron chi connectivity index (χ3n) is 7.57. The topological polar surface area (TPSA) is 116 Å². The minimum absolute atomic E-state index is 0.0263. The molecule has 1 fully saturated rings. The van der Waals surface area contributed by atoms with Crippen LogP contribution in [0.4, 0.5) is 5.69 Å². The van der Waals surface area contributed by atoms with Gasteiger partial charge in [-0.3, -0.25) is 9.59 Å². The second kappa shape index (κ2) is 8.16. The number of anilines is 1. The first-order chi connectivity index (χ1) is 18.1. The van der Waals surface area contributed by atoms with Crippen LogP contribution in [0, 0.1) is 6.92 Å². The fraction of sp³-hybridized carbons (Fsp3) is 0.250. The molecule has 1 N–H and O–H groups in total. The first-order valence-electron chi connectivity index (χ1n) is 12.3. The van der Waals surface area contributed by atoms with Crippen molar-refractivity contribution < 1.29 is 22.7 Å². The average molecular weight is 532 g/mol. The van der Waals surface area contributed by atoms with E-state index in [0.717, 1.165) is 20.8 Å². The molecule has 1 aliphatic carbocycles. The maximum atomic E-state index is 13.9. The van der Waals surface area contributed by atoms with E-state index in [9.17, 15) is 22.8 Å². The van der Waals surface area contributed by atoms with Crippen LogP contribution in [0.1, 0.15) is 46.4 Å². The zero-order valence-corrected chi connectivity index (χ0v) is 21.8. The number of carbonyl (C=O) groups is 2. The van der Waals surface area contributed by atoms with Crippen LogP contribution in [0.5, 0.6) is 0 Å². The molecule has 3 heterocycles. The highest BCUT2D eigenvalue weighted by molar-refractivity contribution is 7.90. The number of nitrogens with zero attached hydrogens (tertiary/aromatic N) is 2. The maximum Gasteiger partial charge on any atom is 0.356 e. The van der Waals surface area contributed by atoms with Crippen molar-refractivity contribution in [3.8, 4) is 0 Å². The predicted octanol–water partition coefficient (Wildman–Crippen LogP) is 3.44. The molecular formula is C28H25N3O6S. The Balaban J connectivity index is 1.63. The molecule has 1 aliphatic heterocycles. The van der Waals surface area contributed by atoms with Gasteiger partial charge in [-0.05, 0) is 55.7 Å². The van der Waals surface area contributed by atoms with Crippen molar-refractivity contribution in [1.82, 2.24) is 8.54 Å². The van der Waals surface area contributed by atoms with Gasteiger partial charge in [-0.2, -0.15) is 0 Å². The lowest BCUT2D eigenvalue weighted by molar-refractivity contribution is -0.118. The number of nitrogens with one attached hydrogen (secondary N) is 1. The molecule has 9 nitrogen and oxygen atoms in total. The number of benzene rings is 2. The molecular weight excluding hydrogens is 506 g/mol. The monoisotopic (exact) mass is 531 g/mol. The molecule has 0 unspecified atom stereocenters. The van der Waals surface area contributed by atoms with Crippen LogP contribution >= 0.6 is 0 Å². The molecule has 0 radical (unpaired) electrons. The lowest BCUT2D eigenvalue weighted by Gasteiger charge is -2.13. The lowest BCUT2D eigenvalue weighted by atomic mass is 9.91. The predicted molar refractivity (Wildman–Crippen MR) is 141 cm³/mol. The second-order valence-electron chi connectivity index (χ2n) is 9.82. The van der Waals surface area contributed by atoms with E-state index >= 15 is 0 Å². The highest BCUT2D eigenvalue weighted by Crippen LogP contribution is 2.65. The Morgan fingerprint density at radius 1 is 1.13 bits per heavy atom. The van der Waals surface area contributed by atoms with Crippen molar-refractivity contribution in [2.75, 3.05) is 11.9 Å². The van der Waals surface area contributed by atoms with Crippen LogP contribution in [0.25, 0.3) is 10.9 Å². The Morgan fingerprint density at radius 3 is 2.55 bits per heavy atom. The zero-order chi connectivity index (χ0) is 27.0. The molecule has 1 spiro atoms. The molecule has 2 atom stereocenters. The van der Waals surface area contributed by atoms with E-state index in [1.54, 1.807) is 25.3 Å². The van der Waals surface area contributed by atoms with Gasteiger partial charge in [0.2, 0.25) is 5.91 Å². The van der Waals surface area contributed by atoms with Gasteiger partial charge in [-0.25, -0.2) is 17.2 Å². The first-order valence-corrected chi connectivity index (χ1v) is 13.7. The number of esters is 1. The van der Waals surface area contributed by atoms with E-state index in [0.29, 0.717) is 17.4 Å². The molecule has 1 amide bonds. The molecule has 2 aromatic carbocycles. The van der Waals surface area contributed by atoms with E-state index in [1.807, 2.05) is 31.2 Å². The summed E-state index contributed by atoms with van der Waals surface area (Å²) < 4.78 is 35.1. The quantitative estimate of drug-likeness (QED) is 0.395. The molecule has 10 heteroatoms. The number of rotatable bonds is 5. The molecule has 6 rings (SSSR count). The largest absolute Gasteiger partial charge is 0.461 e. The van der Waals surface area contributed by atoms with E-state index in [-0.39, 0.29) is 34.5 Å². The van der Waals surface area contributed by atoms with Gasteiger partial charge in [-0.15, -0.1) is 0 Å². The SMILES string of the molecule is CCOC(=O)c1cc2c([C@@H]3C[C@@]34C(=O)Nc3ccccc34)cn(C)c(=O)c2n1S(=O)(=O)c1ccc(C)cc1. The molecule has 2 aromatic heterocycles. The fourth-order valence-electron chi connectivity index (χ4n) is 5.63. The highest BCUT2D eigenvalue weighted by atomic mass is 32.2. The van der Waals surface area contributed by atoms with Gasteiger partial charge in [0.05, 0.1) is 16.9 Å². The molecule has 38 heavy (non-hydrogen) atoms. The summed E-state index contributed by atoms with van der Waals surface area (Å²) in [6.45, 7) is 3.47. The van der Waals surface area contributed by atoms with Crippen molar-refractivity contribution in [2.45, 2.75) is 36.5 Å². The summed E-state index contributed by atoms with van der Waals surface area (Å²) in [6.07, 6.45) is 2.13. The Hall–Kier alpha value is -4.18. The summed E-state index contributed by atoms with van der Waals surface area (Å²) in [5.74, 6) is -1.31. The van der Waals surface area contributed by atoms with E-state index in [1.165, 1.54) is 29.8 Å². The molecule has 194 valence electrons. The minimum atomic E-state index is -4.36. The minimum Gasteiger partial charge on any atom is -0.461 e. The molecule has 4 aromatic rings. The fourth-order valence-corrected chi connectivity index (χ4v) is 7.13. The van der Waals surface area contributed by atoms with Gasteiger partial charge in [0.25, 0.3) is 15.6 Å². The number of pyridine rings is 1. The van der Waals surface area contributed by atoms with Gasteiger partial charge in [0.15, 0.2) is 0 Å². The number of hydrogen-bond acceptors (Lipinski definition) is 6. The summed E-state index contributed by atoms with van der Waals surface area (Å²) in [5, 5.41) is 3.25. The molecule has 0 bridgehead atoms. The normalized spacial score (nSPS) is 20.0. The van der Waals surface area contributed by atoms with Crippen LogP contribution < -0.4 is 10.9 Å². The summed E-state index contributed by atoms with van der Waals surface area (Å²) in [4.78, 5) is 39.6. The number of fused-ring (bicyclic) bond motifs is 3. The standard InChI is InChI=1S/C28H25N3O6S/c1-4-37-26(33)23-13-18-19(21-14-28(21)20-7-5-6-8-22(20)29-27(28)34)15-30(3)25(32)24(18)31(23)38(35,36)17-11-9-16(2)10-12-17/h5-13,15,21H,4,14H2,1-3H3,(H,29,34)/t21-,28-/m0/s1. The van der Waals surface area contributed by atoms with E-state index in [2.05, 4.69) is 5.32 Å². The van der Waals surface area contributed by atoms with Gasteiger partial charge in [0, 0.05) is 30.2 Å². The number of carbonyl (C=O) groups excluding carboxylic acids is 2. The van der Waals surface area contributed by atoms with Crippen LogP contribution in [-0.4, -0.2) is 35.4 Å². The van der Waals surface area contributed by atoms with Crippen molar-refractivity contribution >= 4 is 38.5 Å². The number of hydrogen-bond donors (Lipinski definition) is 1. The summed E-state index contributed by atoms with van der Waals surface area (Å²) in [5.41, 5.74) is 1.28. The molecule has 1 saturated carbocycles. The van der Waals surface area contributed by atoms with Crippen LogP contribution in [0.3, 0.4) is 0 Å². The lowest BCUT2D eigenvalue weighted by Crippen LogP contribution is -2.26. The van der Waals surface area contributed by atoms with Gasteiger partial charge < -0.3 is 14.6 Å². The number of para-hydroxylation sites is 1. The van der Waals surface area contributed by atoms with E-state index in [4.69, 9.17) is 4.74 Å². The van der Waals surface area contributed by atoms with Crippen molar-refractivity contribution in [1.29, 1.82) is 0 Å². The Bertz CT molecular complexity index is 1830. The van der Waals surface area contributed by atoms with Crippen molar-refractivity contribution in [3.63, 3.8) is 0 Å². The third-order valence-corrected chi connectivity index (χ3v) is 9.29. The maximum absolute atomic E-state index is 13.9.